The predicted octanol–water partition coefficient (Wildman–Crippen LogP) is 2.29. The Bertz CT molecular complexity index is 125. The third kappa shape index (κ3) is 0.731. The van der Waals surface area contributed by atoms with Crippen LogP contribution in [0.3, 0.4) is 0 Å². The van der Waals surface area contributed by atoms with Crippen molar-refractivity contribution in [3.05, 3.63) is 0 Å². The monoisotopic (exact) mass is 181 g/mol. The fourth-order valence-corrected chi connectivity index (χ4v) is 1.20. The van der Waals surface area contributed by atoms with Crippen LogP contribution in [0.1, 0.15) is 0 Å². The van der Waals surface area contributed by atoms with E-state index in [0.29, 0.717) is 0 Å². The summed E-state index contributed by atoms with van der Waals surface area (Å²) < 4.78 is 46.1. The highest BCUT2D eigenvalue weighted by atomic mass is 35.7. The second kappa shape index (κ2) is 1.67. The number of halogens is 5. The van der Waals surface area contributed by atoms with E-state index in [9.17, 15) is 17.6 Å². The molecule has 0 aromatic heterocycles. The Labute approximate surface area is 56.6 Å². The summed E-state index contributed by atoms with van der Waals surface area (Å²) in [5.41, 5.74) is 0. The molecule has 0 aliphatic carbocycles. The number of rotatable bonds is 1. The lowest BCUT2D eigenvalue weighted by Gasteiger charge is -1.84. The van der Waals surface area contributed by atoms with Gasteiger partial charge in [0.25, 0.3) is 0 Å². The molecule has 0 saturated carbocycles. The van der Waals surface area contributed by atoms with E-state index >= 15 is 0 Å². The van der Waals surface area contributed by atoms with Crippen LogP contribution in [0.5, 0.6) is 0 Å². The first kappa shape index (κ1) is 7.43. The summed E-state index contributed by atoms with van der Waals surface area (Å²) >= 11 is -0.190. The van der Waals surface area contributed by atoms with Crippen molar-refractivity contribution in [2.24, 2.45) is 0 Å². The molecule has 54 valence electrons. The normalized spacial score (nSPS) is 30.3. The van der Waals surface area contributed by atoms with Crippen molar-refractivity contribution in [1.29, 1.82) is 0 Å². The van der Waals surface area contributed by atoms with Crippen molar-refractivity contribution in [2.45, 2.75) is 12.1 Å². The molecule has 0 atom stereocenters. The van der Waals surface area contributed by atoms with Gasteiger partial charge >= 0.3 is 12.1 Å². The van der Waals surface area contributed by atoms with Crippen molar-refractivity contribution in [3.8, 4) is 0 Å². The molecule has 1 fully saturated rings. The van der Waals surface area contributed by atoms with Gasteiger partial charge in [-0.25, -0.2) is 0 Å². The first-order valence-corrected chi connectivity index (χ1v) is 3.39. The van der Waals surface area contributed by atoms with Crippen molar-refractivity contribution < 1.29 is 17.6 Å². The lowest BCUT2D eigenvalue weighted by atomic mass is 10.8. The standard InChI is InChI=1S/C2ClF4NS/c3-9-8-1(4,5)2(8,6)7. The molecule has 1 nitrogen and oxygen atoms in total. The minimum absolute atomic E-state index is 0.190. The summed E-state index contributed by atoms with van der Waals surface area (Å²) in [5, 5.41) is 0. The van der Waals surface area contributed by atoms with Gasteiger partial charge in [0.05, 0.1) is 0 Å². The van der Waals surface area contributed by atoms with Gasteiger partial charge < -0.3 is 0 Å². The molecule has 0 aromatic carbocycles. The van der Waals surface area contributed by atoms with E-state index in [0.717, 1.165) is 0 Å². The Morgan fingerprint density at radius 2 is 1.44 bits per heavy atom. The van der Waals surface area contributed by atoms with Crippen LogP contribution in [0.2, 0.25) is 0 Å². The maximum atomic E-state index is 11.6. The van der Waals surface area contributed by atoms with Gasteiger partial charge in [0.2, 0.25) is 0 Å². The van der Waals surface area contributed by atoms with Gasteiger partial charge in [0.1, 0.15) is 0 Å². The predicted molar refractivity (Wildman–Crippen MR) is 25.2 cm³/mol. The molecule has 1 aliphatic rings. The molecule has 0 spiro atoms. The quantitative estimate of drug-likeness (QED) is 0.264. The maximum Gasteiger partial charge on any atom is 0.398 e. The highest BCUT2D eigenvalue weighted by molar-refractivity contribution is 8.19. The van der Waals surface area contributed by atoms with Crippen LogP contribution in [0, 0.1) is 0 Å². The SMILES string of the molecule is FC1(F)N(SCl)C1(F)F. The average Bonchev–Trinajstić information content (AvgIpc) is 2.00. The molecule has 1 rings (SSSR count). The first-order valence-electron chi connectivity index (χ1n) is 1.79. The Morgan fingerprint density at radius 1 is 1.11 bits per heavy atom. The fraction of sp³-hybridized carbons (Fsp3) is 1.00. The van der Waals surface area contributed by atoms with E-state index in [1.165, 1.54) is 0 Å². The Balaban J connectivity index is 2.66. The molecule has 1 aliphatic heterocycles. The third-order valence-electron chi connectivity index (χ3n) is 0.891. The molecule has 0 aromatic rings. The molecule has 0 amide bonds. The van der Waals surface area contributed by atoms with Gasteiger partial charge in [-0.2, -0.15) is 17.6 Å². The van der Waals surface area contributed by atoms with E-state index in [4.69, 9.17) is 0 Å². The number of hydrogen-bond acceptors (Lipinski definition) is 2. The van der Waals surface area contributed by atoms with Crippen LogP contribution in [-0.4, -0.2) is 16.4 Å². The zero-order valence-corrected chi connectivity index (χ0v) is 5.32. The van der Waals surface area contributed by atoms with Crippen LogP contribution in [-0.2, 0) is 0 Å². The minimum atomic E-state index is -4.06. The molecule has 0 N–H and O–H groups in total. The molecular weight excluding hydrogens is 182 g/mol. The minimum Gasteiger partial charge on any atom is -0.178 e. The van der Waals surface area contributed by atoms with Crippen molar-refractivity contribution in [3.63, 3.8) is 0 Å². The van der Waals surface area contributed by atoms with Crippen LogP contribution in [0.25, 0.3) is 0 Å². The molecule has 0 unspecified atom stereocenters. The van der Waals surface area contributed by atoms with E-state index in [1.807, 2.05) is 0 Å². The number of nitrogens with zero attached hydrogens (tertiary/aromatic N) is 1. The van der Waals surface area contributed by atoms with Gasteiger partial charge in [-0.05, 0) is 10.7 Å². The lowest BCUT2D eigenvalue weighted by Crippen LogP contribution is -2.02. The average molecular weight is 182 g/mol. The molecule has 0 radical (unpaired) electrons. The zero-order valence-electron chi connectivity index (χ0n) is 3.75. The van der Waals surface area contributed by atoms with Crippen molar-refractivity contribution >= 4 is 21.8 Å². The Hall–Kier alpha value is 0.320. The largest absolute Gasteiger partial charge is 0.398 e. The molecule has 0 bridgehead atoms. The van der Waals surface area contributed by atoms with Crippen molar-refractivity contribution in [2.75, 3.05) is 0 Å². The summed E-state index contributed by atoms with van der Waals surface area (Å²) in [6, 6.07) is -8.11. The van der Waals surface area contributed by atoms with E-state index < -0.39 is 16.4 Å². The molecule has 1 saturated heterocycles. The molecule has 1 heterocycles. The number of hydrogen-bond donors (Lipinski definition) is 0. The smallest absolute Gasteiger partial charge is 0.178 e. The van der Waals surface area contributed by atoms with E-state index in [2.05, 4.69) is 10.7 Å². The first-order chi connectivity index (χ1) is 3.94. The van der Waals surface area contributed by atoms with Gasteiger partial charge in [0.15, 0.2) is 0 Å². The Kier molecular flexibility index (Phi) is 1.38. The number of alkyl halides is 4. The fourth-order valence-electron chi connectivity index (χ4n) is 0.324. The maximum absolute atomic E-state index is 11.6. The third-order valence-corrected chi connectivity index (χ3v) is 1.90. The molecular formula is C2ClF4NS. The summed E-state index contributed by atoms with van der Waals surface area (Å²) in [7, 11) is 4.65. The van der Waals surface area contributed by atoms with E-state index in [1.54, 1.807) is 0 Å². The highest BCUT2D eigenvalue weighted by Gasteiger charge is 2.85. The van der Waals surface area contributed by atoms with Gasteiger partial charge in [-0.15, -0.1) is 0 Å². The van der Waals surface area contributed by atoms with E-state index in [-0.39, 0.29) is 11.2 Å². The van der Waals surface area contributed by atoms with Crippen molar-refractivity contribution in [1.82, 2.24) is 4.31 Å². The highest BCUT2D eigenvalue weighted by Crippen LogP contribution is 2.61. The van der Waals surface area contributed by atoms with Crippen LogP contribution in [0.15, 0.2) is 0 Å². The topological polar surface area (TPSA) is 3.01 Å². The molecule has 7 heteroatoms. The lowest BCUT2D eigenvalue weighted by molar-refractivity contribution is -0.0278. The van der Waals surface area contributed by atoms with Crippen LogP contribution < -0.4 is 0 Å². The Morgan fingerprint density at radius 3 is 1.44 bits per heavy atom. The molecule has 9 heavy (non-hydrogen) atoms. The van der Waals surface area contributed by atoms with Crippen LogP contribution >= 0.6 is 21.8 Å². The summed E-state index contributed by atoms with van der Waals surface area (Å²) in [4.78, 5) is 0. The summed E-state index contributed by atoms with van der Waals surface area (Å²) in [6.07, 6.45) is 0. The summed E-state index contributed by atoms with van der Waals surface area (Å²) in [6.45, 7) is 0. The van der Waals surface area contributed by atoms with Gasteiger partial charge in [0, 0.05) is 11.2 Å². The van der Waals surface area contributed by atoms with Crippen LogP contribution in [0.4, 0.5) is 17.6 Å². The summed E-state index contributed by atoms with van der Waals surface area (Å²) in [5.74, 6) is 0. The second-order valence-electron chi connectivity index (χ2n) is 1.45. The van der Waals surface area contributed by atoms with Gasteiger partial charge in [-0.1, -0.05) is 4.31 Å². The zero-order chi connectivity index (χ0) is 7.28. The second-order valence-corrected chi connectivity index (χ2v) is 2.36. The van der Waals surface area contributed by atoms with Gasteiger partial charge in [-0.3, -0.25) is 0 Å².